The van der Waals surface area contributed by atoms with Gasteiger partial charge in [0.25, 0.3) is 21.6 Å². The van der Waals surface area contributed by atoms with Gasteiger partial charge in [-0.2, -0.15) is 5.10 Å². The number of nitrogens with zero attached hydrogens (tertiary/aromatic N) is 3. The van der Waals surface area contributed by atoms with Crippen molar-refractivity contribution in [3.8, 4) is 0 Å². The monoisotopic (exact) mass is 438 g/mol. The van der Waals surface area contributed by atoms with E-state index >= 15 is 0 Å². The maximum atomic E-state index is 12.7. The van der Waals surface area contributed by atoms with Crippen molar-refractivity contribution >= 4 is 33.5 Å². The van der Waals surface area contributed by atoms with E-state index in [4.69, 9.17) is 0 Å². The summed E-state index contributed by atoms with van der Waals surface area (Å²) < 4.78 is 26.5. The van der Waals surface area contributed by atoms with E-state index in [1.807, 2.05) is 0 Å². The van der Waals surface area contributed by atoms with Gasteiger partial charge in [0.15, 0.2) is 0 Å². The maximum Gasteiger partial charge on any atom is 0.278 e. The quantitative estimate of drug-likeness (QED) is 0.345. The smallest absolute Gasteiger partial charge is 0.269 e. The van der Waals surface area contributed by atoms with Crippen LogP contribution in [0.3, 0.4) is 0 Å². The summed E-state index contributed by atoms with van der Waals surface area (Å²) in [5.74, 6) is -0.546. The van der Waals surface area contributed by atoms with Crippen LogP contribution in [-0.4, -0.2) is 32.5 Å². The molecule has 0 aromatic heterocycles. The molecule has 0 spiro atoms. The predicted molar refractivity (Wildman–Crippen MR) is 117 cm³/mol. The number of amides is 1. The van der Waals surface area contributed by atoms with E-state index in [9.17, 15) is 23.3 Å². The van der Waals surface area contributed by atoms with Gasteiger partial charge in [-0.05, 0) is 42.5 Å². The third-order valence-corrected chi connectivity index (χ3v) is 6.20. The summed E-state index contributed by atoms with van der Waals surface area (Å²) in [6.45, 7) is 0. The zero-order valence-electron chi connectivity index (χ0n) is 16.4. The van der Waals surface area contributed by atoms with E-state index < -0.39 is 20.9 Å². The molecule has 0 bridgehead atoms. The molecule has 0 aliphatic rings. The van der Waals surface area contributed by atoms with Gasteiger partial charge < -0.3 is 0 Å². The summed E-state index contributed by atoms with van der Waals surface area (Å²) in [7, 11) is -2.30. The number of sulfonamides is 1. The molecule has 0 aliphatic carbocycles. The van der Waals surface area contributed by atoms with Crippen LogP contribution in [-0.2, 0) is 10.0 Å². The van der Waals surface area contributed by atoms with Crippen LogP contribution in [0.4, 0.5) is 11.4 Å². The van der Waals surface area contributed by atoms with Crippen molar-refractivity contribution < 1.29 is 18.1 Å². The molecule has 3 aromatic carbocycles. The average molecular weight is 438 g/mol. The molecule has 0 aliphatic heterocycles. The third kappa shape index (κ3) is 4.93. The zero-order chi connectivity index (χ0) is 22.4. The summed E-state index contributed by atoms with van der Waals surface area (Å²) >= 11 is 0. The first-order valence-electron chi connectivity index (χ1n) is 9.01. The summed E-state index contributed by atoms with van der Waals surface area (Å²) in [6, 6.07) is 19.9. The van der Waals surface area contributed by atoms with Gasteiger partial charge in [0, 0.05) is 18.7 Å². The number of hydrogen-bond acceptors (Lipinski definition) is 6. The number of carbonyl (C=O) groups is 1. The van der Waals surface area contributed by atoms with Gasteiger partial charge in [-0.15, -0.1) is 0 Å². The van der Waals surface area contributed by atoms with Crippen LogP contribution in [0.5, 0.6) is 0 Å². The molecular weight excluding hydrogens is 420 g/mol. The first-order chi connectivity index (χ1) is 14.8. The zero-order valence-corrected chi connectivity index (χ0v) is 17.2. The number of hydrogen-bond donors (Lipinski definition) is 1. The Morgan fingerprint density at radius 1 is 1.00 bits per heavy atom. The van der Waals surface area contributed by atoms with Gasteiger partial charge in [0.05, 0.1) is 27.3 Å². The third-order valence-electron chi connectivity index (χ3n) is 4.40. The van der Waals surface area contributed by atoms with Crippen LogP contribution in [0, 0.1) is 10.1 Å². The lowest BCUT2D eigenvalue weighted by Crippen LogP contribution is -2.26. The molecule has 0 saturated heterocycles. The minimum Gasteiger partial charge on any atom is -0.269 e. The van der Waals surface area contributed by atoms with Crippen molar-refractivity contribution in [3.05, 3.63) is 100 Å². The Balaban J connectivity index is 1.70. The van der Waals surface area contributed by atoms with Crippen molar-refractivity contribution in [3.63, 3.8) is 0 Å². The summed E-state index contributed by atoms with van der Waals surface area (Å²) in [6.07, 6.45) is 1.19. The Kier molecular flexibility index (Phi) is 6.41. The van der Waals surface area contributed by atoms with Crippen molar-refractivity contribution in [1.82, 2.24) is 5.43 Å². The van der Waals surface area contributed by atoms with Crippen LogP contribution in [0.1, 0.15) is 15.9 Å². The van der Waals surface area contributed by atoms with Crippen molar-refractivity contribution in [1.29, 1.82) is 0 Å². The number of anilines is 1. The molecule has 3 rings (SSSR count). The minimum atomic E-state index is -3.73. The molecule has 1 amide bonds. The lowest BCUT2D eigenvalue weighted by atomic mass is 10.2. The molecular formula is C21H18N4O5S. The Morgan fingerprint density at radius 3 is 2.26 bits per heavy atom. The highest BCUT2D eigenvalue weighted by Gasteiger charge is 2.21. The van der Waals surface area contributed by atoms with Gasteiger partial charge in [-0.25, -0.2) is 13.8 Å². The number of rotatable bonds is 7. The van der Waals surface area contributed by atoms with Gasteiger partial charge in [0.1, 0.15) is 0 Å². The molecule has 0 heterocycles. The predicted octanol–water partition coefficient (Wildman–Crippen LogP) is 3.18. The van der Waals surface area contributed by atoms with Gasteiger partial charge in [0.2, 0.25) is 0 Å². The van der Waals surface area contributed by atoms with E-state index in [1.165, 1.54) is 67.9 Å². The lowest BCUT2D eigenvalue weighted by molar-refractivity contribution is -0.385. The van der Waals surface area contributed by atoms with Gasteiger partial charge in [-0.3, -0.25) is 19.2 Å². The van der Waals surface area contributed by atoms with E-state index in [0.717, 1.165) is 4.31 Å². The Hall–Kier alpha value is -4.05. The van der Waals surface area contributed by atoms with Crippen LogP contribution >= 0.6 is 0 Å². The van der Waals surface area contributed by atoms with Crippen LogP contribution in [0.25, 0.3) is 0 Å². The number of carbonyl (C=O) groups excluding carboxylic acids is 1. The van der Waals surface area contributed by atoms with Crippen LogP contribution < -0.4 is 9.73 Å². The van der Waals surface area contributed by atoms with E-state index in [1.54, 1.807) is 24.3 Å². The van der Waals surface area contributed by atoms with Crippen LogP contribution in [0.15, 0.2) is 88.9 Å². The number of nitro benzene ring substituents is 1. The fourth-order valence-corrected chi connectivity index (χ4v) is 3.92. The molecule has 31 heavy (non-hydrogen) atoms. The van der Waals surface area contributed by atoms with Gasteiger partial charge >= 0.3 is 0 Å². The highest BCUT2D eigenvalue weighted by Crippen LogP contribution is 2.22. The molecule has 0 radical (unpaired) electrons. The largest absolute Gasteiger partial charge is 0.278 e. The fraction of sp³-hybridized carbons (Fsp3) is 0.0476. The number of nitro groups is 1. The second-order valence-electron chi connectivity index (χ2n) is 6.35. The SMILES string of the molecule is CN(c1ccc(C(=O)N/N=C/c2ccccc2[N+](=O)[O-])cc1)S(=O)(=O)c1ccccc1. The van der Waals surface area contributed by atoms with Crippen molar-refractivity contribution in [2.75, 3.05) is 11.4 Å². The molecule has 1 N–H and O–H groups in total. The first-order valence-corrected chi connectivity index (χ1v) is 10.5. The lowest BCUT2D eigenvalue weighted by Gasteiger charge is -2.19. The molecule has 158 valence electrons. The topological polar surface area (TPSA) is 122 Å². The first kappa shape index (κ1) is 21.7. The Labute approximate surface area is 178 Å². The van der Waals surface area contributed by atoms with Crippen molar-refractivity contribution in [2.24, 2.45) is 5.10 Å². The standard InChI is InChI=1S/C21H18N4O5S/c1-24(31(29,30)19-8-3-2-4-9-19)18-13-11-16(12-14-18)21(26)23-22-15-17-7-5-6-10-20(17)25(27)28/h2-15H,1H3,(H,23,26)/b22-15+. The van der Waals surface area contributed by atoms with Crippen LogP contribution in [0.2, 0.25) is 0 Å². The average Bonchev–Trinajstić information content (AvgIpc) is 2.79. The number of hydrazone groups is 1. The maximum absolute atomic E-state index is 12.7. The normalized spacial score (nSPS) is 11.3. The van der Waals surface area contributed by atoms with Gasteiger partial charge in [-0.1, -0.05) is 30.3 Å². The number of para-hydroxylation sites is 1. The molecule has 10 heteroatoms. The highest BCUT2D eigenvalue weighted by molar-refractivity contribution is 7.92. The molecule has 0 saturated carbocycles. The second kappa shape index (κ2) is 9.18. The Bertz CT molecular complexity index is 1230. The van der Waals surface area contributed by atoms with E-state index in [2.05, 4.69) is 10.5 Å². The number of nitrogens with one attached hydrogen (secondary N) is 1. The minimum absolute atomic E-state index is 0.132. The second-order valence-corrected chi connectivity index (χ2v) is 8.32. The fourth-order valence-electron chi connectivity index (χ4n) is 2.70. The van der Waals surface area contributed by atoms with Crippen molar-refractivity contribution in [2.45, 2.75) is 4.90 Å². The molecule has 0 unspecified atom stereocenters. The van der Waals surface area contributed by atoms with E-state index in [-0.39, 0.29) is 21.7 Å². The van der Waals surface area contributed by atoms with E-state index in [0.29, 0.717) is 5.69 Å². The molecule has 3 aromatic rings. The molecule has 9 nitrogen and oxygen atoms in total. The highest BCUT2D eigenvalue weighted by atomic mass is 32.2. The summed E-state index contributed by atoms with van der Waals surface area (Å²) in [5.41, 5.74) is 3.03. The number of benzene rings is 3. The summed E-state index contributed by atoms with van der Waals surface area (Å²) in [5, 5.41) is 14.8. The summed E-state index contributed by atoms with van der Waals surface area (Å²) in [4.78, 5) is 22.9. The Morgan fingerprint density at radius 2 is 1.61 bits per heavy atom. The molecule has 0 atom stereocenters. The molecule has 0 fully saturated rings.